The van der Waals surface area contributed by atoms with Crippen molar-refractivity contribution in [2.45, 2.75) is 44.6 Å². The molecule has 3 rings (SSSR count). The van der Waals surface area contributed by atoms with Crippen molar-refractivity contribution in [2.24, 2.45) is 17.6 Å². The molecule has 110 valence electrons. The van der Waals surface area contributed by atoms with Gasteiger partial charge < -0.3 is 10.6 Å². The third-order valence-corrected chi connectivity index (χ3v) is 5.26. The number of hydrogen-bond acceptors (Lipinski definition) is 2. The monoisotopic (exact) mass is 272 g/mol. The Bertz CT molecular complexity index is 403. The first-order chi connectivity index (χ1) is 9.83. The Morgan fingerprint density at radius 2 is 1.90 bits per heavy atom. The highest BCUT2D eigenvalue weighted by Gasteiger charge is 2.38. The van der Waals surface area contributed by atoms with E-state index in [4.69, 9.17) is 5.73 Å². The molecule has 1 aliphatic carbocycles. The fourth-order valence-electron chi connectivity index (χ4n) is 4.10. The number of hydrogen-bond donors (Lipinski definition) is 1. The van der Waals surface area contributed by atoms with Crippen molar-refractivity contribution < 1.29 is 0 Å². The van der Waals surface area contributed by atoms with Gasteiger partial charge in [0.05, 0.1) is 0 Å². The van der Waals surface area contributed by atoms with Crippen LogP contribution >= 0.6 is 0 Å². The highest BCUT2D eigenvalue weighted by molar-refractivity contribution is 5.14. The Morgan fingerprint density at radius 1 is 1.05 bits per heavy atom. The van der Waals surface area contributed by atoms with E-state index in [1.807, 2.05) is 0 Å². The zero-order valence-electron chi connectivity index (χ0n) is 12.5. The van der Waals surface area contributed by atoms with Gasteiger partial charge in [-0.3, -0.25) is 0 Å². The van der Waals surface area contributed by atoms with Crippen molar-refractivity contribution in [2.75, 3.05) is 19.6 Å². The molecule has 0 amide bonds. The number of likely N-dealkylation sites (tertiary alicyclic amines) is 1. The van der Waals surface area contributed by atoms with Crippen molar-refractivity contribution >= 4 is 0 Å². The SMILES string of the molecule is NC1CCCC2CN(CCCCc3ccccc3)CC12. The molecule has 1 aromatic rings. The second kappa shape index (κ2) is 6.73. The van der Waals surface area contributed by atoms with Gasteiger partial charge in [0.2, 0.25) is 0 Å². The van der Waals surface area contributed by atoms with E-state index in [2.05, 4.69) is 35.2 Å². The minimum absolute atomic E-state index is 0.475. The van der Waals surface area contributed by atoms with Gasteiger partial charge in [-0.2, -0.15) is 0 Å². The van der Waals surface area contributed by atoms with Crippen molar-refractivity contribution in [3.63, 3.8) is 0 Å². The van der Waals surface area contributed by atoms with Gasteiger partial charge in [0.25, 0.3) is 0 Å². The minimum atomic E-state index is 0.475. The number of nitrogens with two attached hydrogens (primary N) is 1. The first kappa shape index (κ1) is 14.1. The van der Waals surface area contributed by atoms with Crippen LogP contribution in [0.1, 0.15) is 37.7 Å². The Hall–Kier alpha value is -0.860. The molecule has 2 nitrogen and oxygen atoms in total. The Balaban J connectivity index is 1.37. The summed E-state index contributed by atoms with van der Waals surface area (Å²) in [5.41, 5.74) is 7.76. The molecule has 1 saturated heterocycles. The summed E-state index contributed by atoms with van der Waals surface area (Å²) < 4.78 is 0. The predicted molar refractivity (Wildman–Crippen MR) is 84.6 cm³/mol. The summed E-state index contributed by atoms with van der Waals surface area (Å²) in [6, 6.07) is 11.3. The lowest BCUT2D eigenvalue weighted by molar-refractivity contribution is 0.259. The van der Waals surface area contributed by atoms with E-state index in [9.17, 15) is 0 Å². The van der Waals surface area contributed by atoms with Crippen LogP contribution in [0.3, 0.4) is 0 Å². The second-order valence-corrected chi connectivity index (χ2v) is 6.72. The summed E-state index contributed by atoms with van der Waals surface area (Å²) in [4.78, 5) is 2.67. The maximum atomic E-state index is 6.29. The highest BCUT2D eigenvalue weighted by atomic mass is 15.2. The molecule has 2 heteroatoms. The summed E-state index contributed by atoms with van der Waals surface area (Å²) in [7, 11) is 0. The molecule has 20 heavy (non-hydrogen) atoms. The zero-order chi connectivity index (χ0) is 13.8. The molecule has 2 N–H and O–H groups in total. The third-order valence-electron chi connectivity index (χ3n) is 5.26. The second-order valence-electron chi connectivity index (χ2n) is 6.72. The van der Waals surface area contributed by atoms with Gasteiger partial charge in [0.1, 0.15) is 0 Å². The summed E-state index contributed by atoms with van der Waals surface area (Å²) in [5, 5.41) is 0. The van der Waals surface area contributed by atoms with Crippen LogP contribution in [0.5, 0.6) is 0 Å². The van der Waals surface area contributed by atoms with Crippen LogP contribution in [0.15, 0.2) is 30.3 Å². The van der Waals surface area contributed by atoms with E-state index in [1.165, 1.54) is 63.7 Å². The molecule has 1 heterocycles. The van der Waals surface area contributed by atoms with Crippen LogP contribution in [0.2, 0.25) is 0 Å². The van der Waals surface area contributed by atoms with E-state index in [0.717, 1.165) is 11.8 Å². The van der Waals surface area contributed by atoms with Gasteiger partial charge in [-0.15, -0.1) is 0 Å². The van der Waals surface area contributed by atoms with E-state index in [1.54, 1.807) is 0 Å². The standard InChI is InChI=1S/C18H28N2/c19-18-11-6-10-16-13-20(14-17(16)18)12-5-4-9-15-7-2-1-3-8-15/h1-3,7-8,16-18H,4-6,9-14,19H2. The molecule has 1 aromatic carbocycles. The van der Waals surface area contributed by atoms with Gasteiger partial charge in [0, 0.05) is 19.1 Å². The molecule has 1 saturated carbocycles. The number of unbranched alkanes of at least 4 members (excludes halogenated alkanes) is 1. The summed E-state index contributed by atoms with van der Waals surface area (Å²) in [6.07, 6.45) is 7.87. The minimum Gasteiger partial charge on any atom is -0.327 e. The van der Waals surface area contributed by atoms with Crippen LogP contribution in [-0.4, -0.2) is 30.6 Å². The highest BCUT2D eigenvalue weighted by Crippen LogP contribution is 2.35. The lowest BCUT2D eigenvalue weighted by Crippen LogP contribution is -2.38. The van der Waals surface area contributed by atoms with Crippen molar-refractivity contribution in [3.8, 4) is 0 Å². The van der Waals surface area contributed by atoms with Crippen LogP contribution < -0.4 is 5.73 Å². The molecule has 3 atom stereocenters. The lowest BCUT2D eigenvalue weighted by Gasteiger charge is -2.29. The quantitative estimate of drug-likeness (QED) is 0.835. The molecular formula is C18H28N2. The largest absolute Gasteiger partial charge is 0.327 e. The van der Waals surface area contributed by atoms with E-state index in [0.29, 0.717) is 6.04 Å². The lowest BCUT2D eigenvalue weighted by atomic mass is 9.78. The maximum absolute atomic E-state index is 6.29. The van der Waals surface area contributed by atoms with E-state index < -0.39 is 0 Å². The number of rotatable bonds is 5. The molecule has 0 radical (unpaired) electrons. The van der Waals surface area contributed by atoms with Crippen molar-refractivity contribution in [3.05, 3.63) is 35.9 Å². The van der Waals surface area contributed by atoms with Gasteiger partial charge in [-0.1, -0.05) is 36.8 Å². The fourth-order valence-corrected chi connectivity index (χ4v) is 4.10. The van der Waals surface area contributed by atoms with Gasteiger partial charge >= 0.3 is 0 Å². The third kappa shape index (κ3) is 3.42. The number of benzene rings is 1. The topological polar surface area (TPSA) is 29.3 Å². The van der Waals surface area contributed by atoms with Crippen molar-refractivity contribution in [1.82, 2.24) is 4.90 Å². The average Bonchev–Trinajstić information content (AvgIpc) is 2.89. The molecular weight excluding hydrogens is 244 g/mol. The van der Waals surface area contributed by atoms with Crippen molar-refractivity contribution in [1.29, 1.82) is 0 Å². The molecule has 0 bridgehead atoms. The summed E-state index contributed by atoms with van der Waals surface area (Å²) >= 11 is 0. The van der Waals surface area contributed by atoms with Crippen LogP contribution in [0.25, 0.3) is 0 Å². The number of aryl methyl sites for hydroxylation is 1. The smallest absolute Gasteiger partial charge is 0.00825 e. The summed E-state index contributed by atoms with van der Waals surface area (Å²) in [6.45, 7) is 3.84. The van der Waals surface area contributed by atoms with Gasteiger partial charge in [-0.05, 0) is 56.0 Å². The molecule has 0 aromatic heterocycles. The maximum Gasteiger partial charge on any atom is 0.00825 e. The fraction of sp³-hybridized carbons (Fsp3) is 0.667. The molecule has 2 aliphatic rings. The Morgan fingerprint density at radius 3 is 2.70 bits per heavy atom. The molecule has 2 fully saturated rings. The molecule has 0 spiro atoms. The van der Waals surface area contributed by atoms with Gasteiger partial charge in [0.15, 0.2) is 0 Å². The van der Waals surface area contributed by atoms with Crippen LogP contribution in [0, 0.1) is 11.8 Å². The van der Waals surface area contributed by atoms with E-state index in [-0.39, 0.29) is 0 Å². The van der Waals surface area contributed by atoms with Crippen LogP contribution in [-0.2, 0) is 6.42 Å². The number of nitrogens with zero attached hydrogens (tertiary/aromatic N) is 1. The predicted octanol–water partition coefficient (Wildman–Crippen LogP) is 3.07. The molecule has 3 unspecified atom stereocenters. The normalized spacial score (nSPS) is 30.4. The summed E-state index contributed by atoms with van der Waals surface area (Å²) in [5.74, 6) is 1.69. The average molecular weight is 272 g/mol. The van der Waals surface area contributed by atoms with Gasteiger partial charge in [-0.25, -0.2) is 0 Å². The molecule has 1 aliphatic heterocycles. The Labute approximate surface area is 123 Å². The van der Waals surface area contributed by atoms with E-state index >= 15 is 0 Å². The first-order valence-electron chi connectivity index (χ1n) is 8.35. The zero-order valence-corrected chi connectivity index (χ0v) is 12.5. The Kier molecular flexibility index (Phi) is 4.74. The van der Waals surface area contributed by atoms with Crippen LogP contribution in [0.4, 0.5) is 0 Å². The number of fused-ring (bicyclic) bond motifs is 1. The first-order valence-corrected chi connectivity index (χ1v) is 8.35.